The molecule has 0 radical (unpaired) electrons. The second kappa shape index (κ2) is 9.92. The van der Waals surface area contributed by atoms with Crippen molar-refractivity contribution in [3.8, 4) is 11.3 Å². The number of imidazole rings is 1. The summed E-state index contributed by atoms with van der Waals surface area (Å²) in [5.41, 5.74) is 4.11. The SMILES string of the molecule is CNC(=O)c1ccc(-c2cn3c(n2)sc2cc(C(=O)NCCCN4CCNCC4)ccc23)cc1. The number of nitrogens with zero attached hydrogens (tertiary/aromatic N) is 3. The normalized spacial score (nSPS) is 14.5. The highest BCUT2D eigenvalue weighted by Gasteiger charge is 2.14. The second-order valence-corrected chi connectivity index (χ2v) is 9.43. The van der Waals surface area contributed by atoms with Gasteiger partial charge in [0.15, 0.2) is 4.96 Å². The summed E-state index contributed by atoms with van der Waals surface area (Å²) in [6.07, 6.45) is 2.95. The van der Waals surface area contributed by atoms with E-state index >= 15 is 0 Å². The van der Waals surface area contributed by atoms with Gasteiger partial charge in [0.1, 0.15) is 0 Å². The van der Waals surface area contributed by atoms with E-state index in [4.69, 9.17) is 4.98 Å². The molecule has 4 aromatic rings. The summed E-state index contributed by atoms with van der Waals surface area (Å²) in [6, 6.07) is 13.2. The monoisotopic (exact) mass is 476 g/mol. The number of carbonyl (C=O) groups excluding carboxylic acids is 2. The van der Waals surface area contributed by atoms with Crippen molar-refractivity contribution in [3.05, 3.63) is 59.8 Å². The molecule has 1 aliphatic heterocycles. The molecule has 1 aliphatic rings. The van der Waals surface area contributed by atoms with Crippen molar-refractivity contribution in [2.75, 3.05) is 46.3 Å². The molecule has 0 bridgehead atoms. The van der Waals surface area contributed by atoms with Gasteiger partial charge in [0.2, 0.25) is 0 Å². The third-order valence-corrected chi connectivity index (χ3v) is 7.19. The van der Waals surface area contributed by atoms with Gasteiger partial charge in [-0.3, -0.25) is 14.0 Å². The molecule has 9 heteroatoms. The van der Waals surface area contributed by atoms with Crippen molar-refractivity contribution < 1.29 is 9.59 Å². The Balaban J connectivity index is 1.25. The summed E-state index contributed by atoms with van der Waals surface area (Å²) in [5, 5.41) is 9.04. The summed E-state index contributed by atoms with van der Waals surface area (Å²) in [6.45, 7) is 5.93. The summed E-state index contributed by atoms with van der Waals surface area (Å²) >= 11 is 1.56. The Hall–Kier alpha value is -3.27. The van der Waals surface area contributed by atoms with E-state index in [0.29, 0.717) is 17.7 Å². The van der Waals surface area contributed by atoms with Crippen molar-refractivity contribution in [3.63, 3.8) is 0 Å². The zero-order chi connectivity index (χ0) is 23.5. The standard InChI is InChI=1S/C25H28N6O2S/c1-26-23(32)18-5-3-17(4-6-18)20-16-31-21-8-7-19(15-22(21)34-25(31)29-20)24(33)28-9-2-12-30-13-10-27-11-14-30/h3-8,15-16,27H,2,9-14H2,1H3,(H,26,32)(H,28,33). The van der Waals surface area contributed by atoms with Crippen LogP contribution >= 0.6 is 11.3 Å². The van der Waals surface area contributed by atoms with E-state index in [1.807, 2.05) is 36.5 Å². The zero-order valence-electron chi connectivity index (χ0n) is 19.1. The fraction of sp³-hybridized carbons (Fsp3) is 0.320. The van der Waals surface area contributed by atoms with E-state index in [0.717, 1.165) is 65.6 Å². The molecule has 0 saturated carbocycles. The Labute approximate surface area is 202 Å². The minimum Gasteiger partial charge on any atom is -0.355 e. The van der Waals surface area contributed by atoms with E-state index in [-0.39, 0.29) is 11.8 Å². The van der Waals surface area contributed by atoms with E-state index < -0.39 is 0 Å². The molecular weight excluding hydrogens is 448 g/mol. The van der Waals surface area contributed by atoms with Gasteiger partial charge in [0.25, 0.3) is 11.8 Å². The third kappa shape index (κ3) is 4.68. The van der Waals surface area contributed by atoms with Crippen LogP contribution < -0.4 is 16.0 Å². The molecular formula is C25H28N6O2S. The molecule has 0 spiro atoms. The summed E-state index contributed by atoms with van der Waals surface area (Å²) in [7, 11) is 1.62. The largest absolute Gasteiger partial charge is 0.355 e. The number of aromatic nitrogens is 2. The maximum Gasteiger partial charge on any atom is 0.251 e. The van der Waals surface area contributed by atoms with Crippen molar-refractivity contribution >= 4 is 38.3 Å². The van der Waals surface area contributed by atoms with Crippen molar-refractivity contribution in [2.45, 2.75) is 6.42 Å². The third-order valence-electron chi connectivity index (χ3n) is 6.17. The highest BCUT2D eigenvalue weighted by molar-refractivity contribution is 7.23. The Kier molecular flexibility index (Phi) is 6.57. The highest BCUT2D eigenvalue weighted by atomic mass is 32.1. The molecule has 3 N–H and O–H groups in total. The predicted octanol–water partition coefficient (Wildman–Crippen LogP) is 2.60. The summed E-state index contributed by atoms with van der Waals surface area (Å²) in [5.74, 6) is -0.145. The van der Waals surface area contributed by atoms with Crippen LogP contribution in [0.2, 0.25) is 0 Å². The minimum atomic E-state index is -0.109. The smallest absolute Gasteiger partial charge is 0.251 e. The Morgan fingerprint density at radius 3 is 2.59 bits per heavy atom. The number of hydrogen-bond donors (Lipinski definition) is 3. The predicted molar refractivity (Wildman–Crippen MR) is 136 cm³/mol. The first kappa shape index (κ1) is 22.5. The van der Waals surface area contributed by atoms with Crippen LogP contribution in [0.3, 0.4) is 0 Å². The van der Waals surface area contributed by atoms with Gasteiger partial charge in [-0.05, 0) is 43.3 Å². The van der Waals surface area contributed by atoms with E-state index in [1.54, 1.807) is 30.5 Å². The van der Waals surface area contributed by atoms with Crippen molar-refractivity contribution in [2.24, 2.45) is 0 Å². The molecule has 8 nitrogen and oxygen atoms in total. The van der Waals surface area contributed by atoms with Crippen molar-refractivity contribution in [1.29, 1.82) is 0 Å². The van der Waals surface area contributed by atoms with E-state index in [1.165, 1.54) is 0 Å². The van der Waals surface area contributed by atoms with Crippen LogP contribution in [0.1, 0.15) is 27.1 Å². The topological polar surface area (TPSA) is 90.8 Å². The first-order valence-electron chi connectivity index (χ1n) is 11.6. The molecule has 176 valence electrons. The molecule has 3 heterocycles. The lowest BCUT2D eigenvalue weighted by Gasteiger charge is -2.27. The van der Waals surface area contributed by atoms with Crippen LogP contribution in [0, 0.1) is 0 Å². The molecule has 2 aromatic heterocycles. The fourth-order valence-electron chi connectivity index (χ4n) is 4.26. The van der Waals surface area contributed by atoms with Crippen LogP contribution in [0.5, 0.6) is 0 Å². The fourth-order valence-corrected chi connectivity index (χ4v) is 5.31. The number of benzene rings is 2. The average molecular weight is 477 g/mol. The van der Waals surface area contributed by atoms with Gasteiger partial charge in [0, 0.05) is 62.7 Å². The zero-order valence-corrected chi connectivity index (χ0v) is 20.0. The van der Waals surface area contributed by atoms with Gasteiger partial charge in [-0.15, -0.1) is 0 Å². The number of piperazine rings is 1. The van der Waals surface area contributed by atoms with Gasteiger partial charge in [-0.25, -0.2) is 4.98 Å². The van der Waals surface area contributed by atoms with Gasteiger partial charge < -0.3 is 20.9 Å². The lowest BCUT2D eigenvalue weighted by atomic mass is 10.1. The maximum atomic E-state index is 12.6. The highest BCUT2D eigenvalue weighted by Crippen LogP contribution is 2.30. The maximum absolute atomic E-state index is 12.6. The number of rotatable bonds is 7. The quantitative estimate of drug-likeness (QED) is 0.357. The van der Waals surface area contributed by atoms with E-state index in [9.17, 15) is 9.59 Å². The Morgan fingerprint density at radius 1 is 1.06 bits per heavy atom. The van der Waals surface area contributed by atoms with Gasteiger partial charge >= 0.3 is 0 Å². The van der Waals surface area contributed by atoms with Crippen LogP contribution in [0.4, 0.5) is 0 Å². The molecule has 2 amide bonds. The van der Waals surface area contributed by atoms with Crippen LogP contribution in [0.15, 0.2) is 48.7 Å². The molecule has 0 atom stereocenters. The number of hydrogen-bond acceptors (Lipinski definition) is 6. The second-order valence-electron chi connectivity index (χ2n) is 8.42. The average Bonchev–Trinajstić information content (AvgIpc) is 3.44. The van der Waals surface area contributed by atoms with E-state index in [2.05, 4.69) is 25.3 Å². The van der Waals surface area contributed by atoms with Gasteiger partial charge in [-0.1, -0.05) is 23.5 Å². The molecule has 0 unspecified atom stereocenters. The minimum absolute atomic E-state index is 0.0369. The molecule has 1 fully saturated rings. The lowest BCUT2D eigenvalue weighted by Crippen LogP contribution is -2.44. The number of amides is 2. The lowest BCUT2D eigenvalue weighted by molar-refractivity contribution is 0.0947. The van der Waals surface area contributed by atoms with Gasteiger partial charge in [0.05, 0.1) is 15.9 Å². The molecule has 2 aromatic carbocycles. The Bertz CT molecular complexity index is 1320. The van der Waals surface area contributed by atoms with Crippen molar-refractivity contribution in [1.82, 2.24) is 30.2 Å². The number of nitrogens with one attached hydrogen (secondary N) is 3. The first-order valence-corrected chi connectivity index (χ1v) is 12.4. The number of carbonyl (C=O) groups is 2. The number of thiazole rings is 1. The molecule has 1 saturated heterocycles. The Morgan fingerprint density at radius 2 is 1.82 bits per heavy atom. The summed E-state index contributed by atoms with van der Waals surface area (Å²) in [4.78, 5) is 32.5. The van der Waals surface area contributed by atoms with Gasteiger partial charge in [-0.2, -0.15) is 0 Å². The first-order chi connectivity index (χ1) is 16.6. The molecule has 0 aliphatic carbocycles. The molecule has 5 rings (SSSR count). The van der Waals surface area contributed by atoms with Crippen LogP contribution in [0.25, 0.3) is 26.4 Å². The molecule has 34 heavy (non-hydrogen) atoms. The van der Waals surface area contributed by atoms with Crippen LogP contribution in [-0.4, -0.2) is 72.4 Å². The summed E-state index contributed by atoms with van der Waals surface area (Å²) < 4.78 is 3.08. The van der Waals surface area contributed by atoms with Crippen LogP contribution in [-0.2, 0) is 0 Å². The number of fused-ring (bicyclic) bond motifs is 3.